The average Bonchev–Trinajstić information content (AvgIpc) is 2.55. The minimum atomic E-state index is -0.283. The van der Waals surface area contributed by atoms with Gasteiger partial charge in [0.1, 0.15) is 0 Å². The number of rotatable bonds is 2. The number of carbonyl (C=O) groups excluding carboxylic acids is 2. The van der Waals surface area contributed by atoms with Crippen LogP contribution in [-0.2, 0) is 9.59 Å². The second-order valence-electron chi connectivity index (χ2n) is 3.22. The Morgan fingerprint density at radius 2 is 1.80 bits per heavy atom. The van der Waals surface area contributed by atoms with Crippen LogP contribution in [0.3, 0.4) is 0 Å². The van der Waals surface area contributed by atoms with Crippen molar-refractivity contribution in [2.45, 2.75) is 0 Å². The smallest absolute Gasteiger partial charge is 0.261 e. The Bertz CT molecular complexity index is 434. The topological polar surface area (TPSA) is 37.4 Å². The van der Waals surface area contributed by atoms with Gasteiger partial charge in [0.2, 0.25) is 0 Å². The maximum Gasteiger partial charge on any atom is 0.261 e. The molecule has 0 fully saturated rings. The number of carbonyl (C=O) groups is 2. The molecule has 2 amide bonds. The summed E-state index contributed by atoms with van der Waals surface area (Å²) in [6.07, 6.45) is 1.36. The molecular weight excluding hydrogens is 190 g/mol. The summed E-state index contributed by atoms with van der Waals surface area (Å²) in [5.74, 6) is -0.546. The first-order chi connectivity index (χ1) is 7.24. The second kappa shape index (κ2) is 3.69. The predicted octanol–water partition coefficient (Wildman–Crippen LogP) is 1.27. The number of hydrogen-bond donors (Lipinski definition) is 0. The molecule has 0 atom stereocenters. The quantitative estimate of drug-likeness (QED) is 0.674. The Morgan fingerprint density at radius 1 is 1.13 bits per heavy atom. The molecule has 0 aliphatic carbocycles. The standard InChI is InChI=1S/C12H10NO2/c1-2-13-11(14)8-10(12(13)15)9-6-4-3-5-7-9/h3-8H,1-2H2. The van der Waals surface area contributed by atoms with Crippen LogP contribution in [0.2, 0.25) is 0 Å². The third kappa shape index (κ3) is 1.56. The van der Waals surface area contributed by atoms with Gasteiger partial charge in [-0.3, -0.25) is 14.5 Å². The van der Waals surface area contributed by atoms with Crippen molar-refractivity contribution in [1.82, 2.24) is 4.90 Å². The number of benzene rings is 1. The number of hydrogen-bond acceptors (Lipinski definition) is 2. The van der Waals surface area contributed by atoms with Gasteiger partial charge < -0.3 is 0 Å². The molecule has 1 aromatic carbocycles. The van der Waals surface area contributed by atoms with Crippen LogP contribution in [0.1, 0.15) is 5.56 Å². The average molecular weight is 200 g/mol. The van der Waals surface area contributed by atoms with Gasteiger partial charge in [-0.1, -0.05) is 30.3 Å². The first kappa shape index (κ1) is 9.65. The van der Waals surface area contributed by atoms with E-state index in [9.17, 15) is 9.59 Å². The van der Waals surface area contributed by atoms with E-state index in [0.29, 0.717) is 5.57 Å². The third-order valence-electron chi connectivity index (χ3n) is 2.32. The first-order valence-electron chi connectivity index (χ1n) is 4.66. The molecule has 0 spiro atoms. The Morgan fingerprint density at radius 3 is 2.33 bits per heavy atom. The molecule has 0 saturated carbocycles. The molecule has 15 heavy (non-hydrogen) atoms. The van der Waals surface area contributed by atoms with Gasteiger partial charge in [0.05, 0.1) is 5.57 Å². The summed E-state index contributed by atoms with van der Waals surface area (Å²) >= 11 is 0. The molecule has 0 N–H and O–H groups in total. The Labute approximate surface area is 88.0 Å². The predicted molar refractivity (Wildman–Crippen MR) is 56.5 cm³/mol. The summed E-state index contributed by atoms with van der Waals surface area (Å²) in [6.45, 7) is 3.72. The van der Waals surface area contributed by atoms with Crippen molar-refractivity contribution < 1.29 is 9.59 Å². The first-order valence-corrected chi connectivity index (χ1v) is 4.66. The molecule has 1 aliphatic rings. The minimum Gasteiger partial charge on any atom is -0.275 e. The van der Waals surface area contributed by atoms with Gasteiger partial charge in [-0.25, -0.2) is 0 Å². The van der Waals surface area contributed by atoms with Crippen LogP contribution in [-0.4, -0.2) is 23.3 Å². The largest absolute Gasteiger partial charge is 0.275 e. The van der Waals surface area contributed by atoms with Crippen molar-refractivity contribution in [2.24, 2.45) is 0 Å². The molecule has 3 heteroatoms. The van der Waals surface area contributed by atoms with Crippen LogP contribution in [0.5, 0.6) is 0 Å². The normalized spacial score (nSPS) is 15.8. The lowest BCUT2D eigenvalue weighted by Gasteiger charge is -2.10. The van der Waals surface area contributed by atoms with E-state index >= 15 is 0 Å². The van der Waals surface area contributed by atoms with E-state index in [-0.39, 0.29) is 18.4 Å². The highest BCUT2D eigenvalue weighted by Crippen LogP contribution is 2.22. The zero-order valence-corrected chi connectivity index (χ0v) is 8.14. The maximum atomic E-state index is 11.7. The molecule has 1 aliphatic heterocycles. The van der Waals surface area contributed by atoms with Gasteiger partial charge >= 0.3 is 0 Å². The van der Waals surface area contributed by atoms with Gasteiger partial charge in [0.15, 0.2) is 0 Å². The van der Waals surface area contributed by atoms with Crippen molar-refractivity contribution in [3.63, 3.8) is 0 Å². The van der Waals surface area contributed by atoms with E-state index in [1.807, 2.05) is 30.3 Å². The van der Waals surface area contributed by atoms with Crippen LogP contribution < -0.4 is 0 Å². The molecule has 3 nitrogen and oxygen atoms in total. The lowest BCUT2D eigenvalue weighted by Crippen LogP contribution is -2.30. The van der Waals surface area contributed by atoms with Crippen LogP contribution in [0.4, 0.5) is 0 Å². The fraction of sp³-hybridized carbons (Fsp3) is 0.0833. The highest BCUT2D eigenvalue weighted by atomic mass is 16.2. The van der Waals surface area contributed by atoms with E-state index in [4.69, 9.17) is 0 Å². The number of amides is 2. The molecule has 0 aromatic heterocycles. The van der Waals surface area contributed by atoms with E-state index in [1.165, 1.54) is 6.08 Å². The summed E-state index contributed by atoms with van der Waals surface area (Å²) in [4.78, 5) is 24.3. The second-order valence-corrected chi connectivity index (χ2v) is 3.22. The lowest BCUT2D eigenvalue weighted by atomic mass is 10.1. The van der Waals surface area contributed by atoms with Crippen molar-refractivity contribution in [2.75, 3.05) is 6.54 Å². The van der Waals surface area contributed by atoms with Gasteiger partial charge in [-0.15, -0.1) is 0 Å². The van der Waals surface area contributed by atoms with Crippen LogP contribution in [0, 0.1) is 6.92 Å². The highest BCUT2D eigenvalue weighted by Gasteiger charge is 2.29. The van der Waals surface area contributed by atoms with E-state index in [0.717, 1.165) is 10.5 Å². The molecule has 2 rings (SSSR count). The van der Waals surface area contributed by atoms with E-state index in [1.54, 1.807) is 0 Å². The van der Waals surface area contributed by atoms with Gasteiger partial charge in [0, 0.05) is 12.6 Å². The summed E-state index contributed by atoms with van der Waals surface area (Å²) in [5.41, 5.74) is 1.22. The zero-order valence-electron chi connectivity index (χ0n) is 8.14. The Balaban J connectivity index is 2.38. The molecule has 0 unspecified atom stereocenters. The Kier molecular flexibility index (Phi) is 2.37. The summed E-state index contributed by atoms with van der Waals surface area (Å²) in [7, 11) is 0. The fourth-order valence-corrected chi connectivity index (χ4v) is 1.54. The number of nitrogens with zero attached hydrogens (tertiary/aromatic N) is 1. The van der Waals surface area contributed by atoms with Gasteiger partial charge in [0.25, 0.3) is 11.8 Å². The summed E-state index contributed by atoms with van der Waals surface area (Å²) < 4.78 is 0. The van der Waals surface area contributed by atoms with Gasteiger partial charge in [-0.2, -0.15) is 0 Å². The molecule has 1 radical (unpaired) electrons. The molecule has 0 bridgehead atoms. The van der Waals surface area contributed by atoms with Crippen molar-refractivity contribution in [3.05, 3.63) is 48.9 Å². The fourth-order valence-electron chi connectivity index (χ4n) is 1.54. The van der Waals surface area contributed by atoms with Crippen LogP contribution in [0.15, 0.2) is 36.4 Å². The monoisotopic (exact) mass is 200 g/mol. The molecule has 75 valence electrons. The number of imide groups is 1. The molecule has 1 heterocycles. The molecule has 1 aromatic rings. The van der Waals surface area contributed by atoms with Gasteiger partial charge in [-0.05, 0) is 12.5 Å². The van der Waals surface area contributed by atoms with E-state index in [2.05, 4.69) is 6.92 Å². The summed E-state index contributed by atoms with van der Waals surface area (Å²) in [5, 5.41) is 0. The molecule has 0 saturated heterocycles. The van der Waals surface area contributed by atoms with Crippen molar-refractivity contribution >= 4 is 17.4 Å². The van der Waals surface area contributed by atoms with E-state index < -0.39 is 0 Å². The minimum absolute atomic E-state index is 0.171. The SMILES string of the molecule is [CH2]CN1C(=O)C=C(c2ccccc2)C1=O. The third-order valence-corrected chi connectivity index (χ3v) is 2.32. The summed E-state index contributed by atoms with van der Waals surface area (Å²) in [6, 6.07) is 9.15. The van der Waals surface area contributed by atoms with Crippen LogP contribution in [0.25, 0.3) is 5.57 Å². The van der Waals surface area contributed by atoms with Crippen molar-refractivity contribution in [1.29, 1.82) is 0 Å². The van der Waals surface area contributed by atoms with Crippen LogP contribution >= 0.6 is 0 Å². The molecular formula is C12H10NO2. The maximum absolute atomic E-state index is 11.7. The van der Waals surface area contributed by atoms with Crippen molar-refractivity contribution in [3.8, 4) is 0 Å². The highest BCUT2D eigenvalue weighted by molar-refractivity contribution is 6.33. The lowest BCUT2D eigenvalue weighted by molar-refractivity contribution is -0.135. The Hall–Kier alpha value is -1.90. The zero-order chi connectivity index (χ0) is 10.8.